The van der Waals surface area contributed by atoms with Crippen molar-refractivity contribution in [1.82, 2.24) is 10.2 Å². The topological polar surface area (TPSA) is 56.0 Å². The van der Waals surface area contributed by atoms with Crippen LogP contribution >= 0.6 is 23.4 Å². The van der Waals surface area contributed by atoms with E-state index < -0.39 is 0 Å². The monoisotopic (exact) mass is 254 g/mol. The van der Waals surface area contributed by atoms with E-state index in [4.69, 9.17) is 16.0 Å². The first-order valence-corrected chi connectivity index (χ1v) is 5.61. The second kappa shape index (κ2) is 4.67. The van der Waals surface area contributed by atoms with Crippen LogP contribution in [0, 0.1) is 6.92 Å². The lowest BCUT2D eigenvalue weighted by atomic mass is 10.2. The molecule has 0 saturated heterocycles. The molecular weight excluding hydrogens is 248 g/mol. The molecule has 4 nitrogen and oxygen atoms in total. The third kappa shape index (κ3) is 2.43. The summed E-state index contributed by atoms with van der Waals surface area (Å²) in [5, 5.41) is 8.42. The van der Waals surface area contributed by atoms with Crippen molar-refractivity contribution in [2.24, 2.45) is 0 Å². The number of benzene rings is 1. The van der Waals surface area contributed by atoms with E-state index in [0.29, 0.717) is 28.0 Å². The largest absolute Gasteiger partial charge is 0.416 e. The van der Waals surface area contributed by atoms with Crippen molar-refractivity contribution in [3.8, 4) is 0 Å². The zero-order chi connectivity index (χ0) is 11.5. The number of aryl methyl sites for hydroxylation is 1. The molecule has 0 amide bonds. The van der Waals surface area contributed by atoms with Gasteiger partial charge in [0.2, 0.25) is 5.89 Å². The molecule has 6 heteroatoms. The summed E-state index contributed by atoms with van der Waals surface area (Å²) in [6, 6.07) is 5.12. The van der Waals surface area contributed by atoms with E-state index in [9.17, 15) is 4.79 Å². The van der Waals surface area contributed by atoms with Gasteiger partial charge in [0.25, 0.3) is 5.22 Å². The van der Waals surface area contributed by atoms with Crippen LogP contribution in [0.15, 0.2) is 32.7 Å². The first-order valence-electron chi connectivity index (χ1n) is 4.42. The number of aldehydes is 1. The first-order chi connectivity index (χ1) is 7.69. The molecule has 0 atom stereocenters. The lowest BCUT2D eigenvalue weighted by Crippen LogP contribution is -1.82. The molecule has 0 aliphatic heterocycles. The molecule has 0 N–H and O–H groups in total. The van der Waals surface area contributed by atoms with Crippen LogP contribution in [-0.4, -0.2) is 16.5 Å². The van der Waals surface area contributed by atoms with Crippen LogP contribution in [-0.2, 0) is 0 Å². The number of hydrogen-bond acceptors (Lipinski definition) is 5. The summed E-state index contributed by atoms with van der Waals surface area (Å²) in [5.41, 5.74) is 0.465. The van der Waals surface area contributed by atoms with Gasteiger partial charge in [-0.25, -0.2) is 0 Å². The Morgan fingerprint density at radius 3 is 2.81 bits per heavy atom. The molecule has 2 rings (SSSR count). The Hall–Kier alpha value is -1.33. The zero-order valence-corrected chi connectivity index (χ0v) is 9.88. The van der Waals surface area contributed by atoms with Crippen molar-refractivity contribution in [3.63, 3.8) is 0 Å². The van der Waals surface area contributed by atoms with Crippen LogP contribution in [0.2, 0.25) is 5.02 Å². The summed E-state index contributed by atoms with van der Waals surface area (Å²) in [5.74, 6) is 0.512. The SMILES string of the molecule is Cc1nnc(Sc2ccc(C=O)c(Cl)c2)o1. The molecule has 16 heavy (non-hydrogen) atoms. The molecule has 0 aliphatic rings. The van der Waals surface area contributed by atoms with Crippen LogP contribution in [0.1, 0.15) is 16.2 Å². The highest BCUT2D eigenvalue weighted by Gasteiger charge is 2.07. The smallest absolute Gasteiger partial charge is 0.281 e. The van der Waals surface area contributed by atoms with Gasteiger partial charge in [-0.15, -0.1) is 10.2 Å². The summed E-state index contributed by atoms with van der Waals surface area (Å²) in [4.78, 5) is 11.4. The van der Waals surface area contributed by atoms with Crippen molar-refractivity contribution in [2.75, 3.05) is 0 Å². The molecule has 1 aromatic heterocycles. The number of nitrogens with zero attached hydrogens (tertiary/aromatic N) is 2. The molecule has 0 aliphatic carbocycles. The Morgan fingerprint density at radius 1 is 1.44 bits per heavy atom. The predicted molar refractivity (Wildman–Crippen MR) is 60.0 cm³/mol. The van der Waals surface area contributed by atoms with E-state index in [1.807, 2.05) is 0 Å². The molecule has 1 aromatic carbocycles. The third-order valence-corrected chi connectivity index (χ3v) is 2.97. The van der Waals surface area contributed by atoms with Crippen LogP contribution < -0.4 is 0 Å². The number of aromatic nitrogens is 2. The van der Waals surface area contributed by atoms with E-state index in [1.54, 1.807) is 25.1 Å². The van der Waals surface area contributed by atoms with Crippen LogP contribution in [0.3, 0.4) is 0 Å². The van der Waals surface area contributed by atoms with Gasteiger partial charge >= 0.3 is 0 Å². The molecule has 1 heterocycles. The Bertz CT molecular complexity index is 527. The maximum atomic E-state index is 10.6. The normalized spacial score (nSPS) is 10.4. The number of carbonyl (C=O) groups excluding carboxylic acids is 1. The van der Waals surface area contributed by atoms with E-state index in [0.717, 1.165) is 4.90 Å². The lowest BCUT2D eigenvalue weighted by Gasteiger charge is -1.99. The van der Waals surface area contributed by atoms with Crippen molar-refractivity contribution in [3.05, 3.63) is 34.7 Å². The van der Waals surface area contributed by atoms with E-state index in [1.165, 1.54) is 11.8 Å². The number of halogens is 1. The Balaban J connectivity index is 2.22. The first kappa shape index (κ1) is 11.2. The summed E-state index contributed by atoms with van der Waals surface area (Å²) in [7, 11) is 0. The molecule has 0 unspecified atom stereocenters. The number of carbonyl (C=O) groups is 1. The van der Waals surface area contributed by atoms with E-state index in [2.05, 4.69) is 10.2 Å². The minimum Gasteiger partial charge on any atom is -0.416 e. The van der Waals surface area contributed by atoms with Crippen LogP contribution in [0.25, 0.3) is 0 Å². The molecule has 0 saturated carbocycles. The van der Waals surface area contributed by atoms with Gasteiger partial charge in [-0.1, -0.05) is 11.6 Å². The van der Waals surface area contributed by atoms with Gasteiger partial charge < -0.3 is 4.42 Å². The van der Waals surface area contributed by atoms with Crippen molar-refractivity contribution < 1.29 is 9.21 Å². The van der Waals surface area contributed by atoms with Crippen molar-refractivity contribution >= 4 is 29.6 Å². The van der Waals surface area contributed by atoms with Gasteiger partial charge in [0, 0.05) is 17.4 Å². The maximum Gasteiger partial charge on any atom is 0.281 e. The number of rotatable bonds is 3. The van der Waals surface area contributed by atoms with Crippen molar-refractivity contribution in [2.45, 2.75) is 17.0 Å². The summed E-state index contributed by atoms with van der Waals surface area (Å²) in [6.07, 6.45) is 0.716. The second-order valence-electron chi connectivity index (χ2n) is 2.99. The Morgan fingerprint density at radius 2 is 2.25 bits per heavy atom. The fourth-order valence-corrected chi connectivity index (χ4v) is 2.14. The molecule has 0 spiro atoms. The van der Waals surface area contributed by atoms with Crippen LogP contribution in [0.5, 0.6) is 0 Å². The molecule has 2 aromatic rings. The Kier molecular flexibility index (Phi) is 3.26. The van der Waals surface area contributed by atoms with Gasteiger partial charge in [0.05, 0.1) is 5.02 Å². The minimum atomic E-state index is 0.413. The summed E-state index contributed by atoms with van der Waals surface area (Å²) in [6.45, 7) is 1.72. The molecule has 0 fully saturated rings. The highest BCUT2D eigenvalue weighted by Crippen LogP contribution is 2.29. The number of hydrogen-bond donors (Lipinski definition) is 0. The van der Waals surface area contributed by atoms with Gasteiger partial charge in [0.15, 0.2) is 6.29 Å². The Labute approximate surface area is 101 Å². The molecule has 0 bridgehead atoms. The predicted octanol–water partition coefficient (Wildman–Crippen LogP) is 3.00. The summed E-state index contributed by atoms with van der Waals surface area (Å²) < 4.78 is 5.21. The van der Waals surface area contributed by atoms with Crippen molar-refractivity contribution in [1.29, 1.82) is 0 Å². The third-order valence-electron chi connectivity index (χ3n) is 1.81. The minimum absolute atomic E-state index is 0.413. The molecular formula is C10H7ClN2O2S. The highest BCUT2D eigenvalue weighted by molar-refractivity contribution is 7.99. The van der Waals surface area contributed by atoms with Gasteiger partial charge in [-0.2, -0.15) is 0 Å². The second-order valence-corrected chi connectivity index (χ2v) is 4.42. The average molecular weight is 255 g/mol. The van der Waals surface area contributed by atoms with Gasteiger partial charge in [-0.05, 0) is 30.0 Å². The van der Waals surface area contributed by atoms with E-state index in [-0.39, 0.29) is 0 Å². The fraction of sp³-hybridized carbons (Fsp3) is 0.100. The zero-order valence-electron chi connectivity index (χ0n) is 8.31. The fourth-order valence-electron chi connectivity index (χ4n) is 1.09. The highest BCUT2D eigenvalue weighted by atomic mass is 35.5. The maximum absolute atomic E-state index is 10.6. The lowest BCUT2D eigenvalue weighted by molar-refractivity contribution is 0.112. The van der Waals surface area contributed by atoms with Crippen LogP contribution in [0.4, 0.5) is 0 Å². The van der Waals surface area contributed by atoms with Gasteiger partial charge in [-0.3, -0.25) is 4.79 Å². The quantitative estimate of drug-likeness (QED) is 0.788. The molecule has 0 radical (unpaired) electrons. The summed E-state index contributed by atoms with van der Waals surface area (Å²) >= 11 is 7.19. The standard InChI is InChI=1S/C10H7ClN2O2S/c1-6-12-13-10(15-6)16-8-3-2-7(5-14)9(11)4-8/h2-5H,1H3. The average Bonchev–Trinajstić information content (AvgIpc) is 2.64. The van der Waals surface area contributed by atoms with E-state index >= 15 is 0 Å². The van der Waals surface area contributed by atoms with Gasteiger partial charge in [0.1, 0.15) is 0 Å². The molecule has 82 valence electrons.